The van der Waals surface area contributed by atoms with Crippen LogP contribution in [0, 0.1) is 11.7 Å². The first-order valence-electron chi connectivity index (χ1n) is 6.25. The maximum Gasteiger partial charge on any atom is 0.259 e. The van der Waals surface area contributed by atoms with Crippen LogP contribution in [0.4, 0.5) is 10.2 Å². The third kappa shape index (κ3) is 3.45. The maximum absolute atomic E-state index is 13.7. The fourth-order valence-corrected chi connectivity index (χ4v) is 2.12. The second-order valence-electron chi connectivity index (χ2n) is 4.87. The van der Waals surface area contributed by atoms with Crippen molar-refractivity contribution in [3.63, 3.8) is 0 Å². The summed E-state index contributed by atoms with van der Waals surface area (Å²) < 4.78 is 16.0. The first-order chi connectivity index (χ1) is 9.47. The molecule has 1 N–H and O–H groups in total. The Labute approximate surface area is 125 Å². The molecule has 0 aliphatic rings. The highest BCUT2D eigenvalue weighted by atomic mass is 79.9. The lowest BCUT2D eigenvalue weighted by molar-refractivity contribution is 0.102. The number of hydrogen-bond donors (Lipinski definition) is 1. The molecule has 0 aliphatic carbocycles. The normalized spacial score (nSPS) is 10.8. The van der Waals surface area contributed by atoms with Crippen LogP contribution >= 0.6 is 15.9 Å². The van der Waals surface area contributed by atoms with E-state index in [2.05, 4.69) is 40.2 Å². The van der Waals surface area contributed by atoms with E-state index < -0.39 is 11.7 Å². The smallest absolute Gasteiger partial charge is 0.259 e. The number of carbonyl (C=O) groups excluding carboxylic acids is 1. The molecule has 0 saturated carbocycles. The Morgan fingerprint density at radius 3 is 2.85 bits per heavy atom. The van der Waals surface area contributed by atoms with Gasteiger partial charge in [0.25, 0.3) is 5.91 Å². The number of halogens is 2. The zero-order valence-electron chi connectivity index (χ0n) is 11.2. The molecule has 106 valence electrons. The van der Waals surface area contributed by atoms with Crippen molar-refractivity contribution < 1.29 is 9.18 Å². The molecular formula is C14H15BrFN3O. The van der Waals surface area contributed by atoms with Crippen LogP contribution in [0.15, 0.2) is 34.9 Å². The van der Waals surface area contributed by atoms with Crippen molar-refractivity contribution in [2.24, 2.45) is 5.92 Å². The molecule has 0 radical (unpaired) electrons. The Bertz CT molecular complexity index is 625. The number of carbonyl (C=O) groups is 1. The molecule has 1 heterocycles. The fourth-order valence-electron chi connectivity index (χ4n) is 1.79. The Kier molecular flexibility index (Phi) is 4.54. The first kappa shape index (κ1) is 14.7. The van der Waals surface area contributed by atoms with Crippen molar-refractivity contribution in [3.05, 3.63) is 46.3 Å². The molecule has 0 aliphatic heterocycles. The van der Waals surface area contributed by atoms with Gasteiger partial charge in [-0.1, -0.05) is 29.8 Å². The standard InChI is InChI=1S/C14H15BrFN3O/c1-9(2)8-19-13(5-6-17-19)18-14(20)11-4-3-10(15)7-12(11)16/h3-7,9H,8H2,1-2H3,(H,18,20). The SMILES string of the molecule is CC(C)Cn1nccc1NC(=O)c1ccc(Br)cc1F. The number of nitrogens with zero attached hydrogens (tertiary/aromatic N) is 2. The van der Waals surface area contributed by atoms with E-state index in [1.807, 2.05) is 0 Å². The molecule has 20 heavy (non-hydrogen) atoms. The number of anilines is 1. The molecule has 0 spiro atoms. The largest absolute Gasteiger partial charge is 0.307 e. The van der Waals surface area contributed by atoms with Gasteiger partial charge in [0.15, 0.2) is 0 Å². The number of hydrogen-bond acceptors (Lipinski definition) is 2. The zero-order valence-corrected chi connectivity index (χ0v) is 12.8. The molecule has 0 saturated heterocycles. The molecule has 1 amide bonds. The molecule has 1 aromatic heterocycles. The van der Waals surface area contributed by atoms with Gasteiger partial charge in [0.2, 0.25) is 0 Å². The zero-order chi connectivity index (χ0) is 14.7. The molecule has 2 aromatic rings. The number of amides is 1. The van der Waals surface area contributed by atoms with Gasteiger partial charge in [0, 0.05) is 17.1 Å². The maximum atomic E-state index is 13.7. The minimum absolute atomic E-state index is 0.00509. The fraction of sp³-hybridized carbons (Fsp3) is 0.286. The summed E-state index contributed by atoms with van der Waals surface area (Å²) in [5, 5.41) is 6.82. The van der Waals surface area contributed by atoms with Crippen molar-refractivity contribution >= 4 is 27.7 Å². The highest BCUT2D eigenvalue weighted by molar-refractivity contribution is 9.10. The minimum Gasteiger partial charge on any atom is -0.307 e. The van der Waals surface area contributed by atoms with Gasteiger partial charge in [-0.05, 0) is 24.1 Å². The predicted molar refractivity (Wildman–Crippen MR) is 79.1 cm³/mol. The summed E-state index contributed by atoms with van der Waals surface area (Å²) in [6.07, 6.45) is 1.61. The average molecular weight is 340 g/mol. The van der Waals surface area contributed by atoms with Crippen molar-refractivity contribution in [2.75, 3.05) is 5.32 Å². The van der Waals surface area contributed by atoms with E-state index in [1.54, 1.807) is 23.0 Å². The van der Waals surface area contributed by atoms with Crippen molar-refractivity contribution in [1.29, 1.82) is 0 Å². The first-order valence-corrected chi connectivity index (χ1v) is 7.05. The molecule has 2 rings (SSSR count). The van der Waals surface area contributed by atoms with E-state index in [1.165, 1.54) is 12.1 Å². The van der Waals surface area contributed by atoms with Gasteiger partial charge in [-0.15, -0.1) is 0 Å². The number of benzene rings is 1. The molecule has 0 fully saturated rings. The van der Waals surface area contributed by atoms with Crippen LogP contribution in [0.25, 0.3) is 0 Å². The third-order valence-corrected chi connectivity index (χ3v) is 3.17. The minimum atomic E-state index is -0.563. The average Bonchev–Trinajstić information content (AvgIpc) is 2.75. The Hall–Kier alpha value is -1.69. The highest BCUT2D eigenvalue weighted by Crippen LogP contribution is 2.17. The number of nitrogens with one attached hydrogen (secondary N) is 1. The van der Waals surface area contributed by atoms with Gasteiger partial charge in [-0.2, -0.15) is 5.10 Å². The van der Waals surface area contributed by atoms with Crippen molar-refractivity contribution in [2.45, 2.75) is 20.4 Å². The summed E-state index contributed by atoms with van der Waals surface area (Å²) in [5.41, 5.74) is 0.00509. The van der Waals surface area contributed by atoms with Crippen LogP contribution in [-0.2, 0) is 6.54 Å². The molecular weight excluding hydrogens is 325 g/mol. The van der Waals surface area contributed by atoms with Gasteiger partial charge in [-0.25, -0.2) is 9.07 Å². The molecule has 0 unspecified atom stereocenters. The lowest BCUT2D eigenvalue weighted by Crippen LogP contribution is -2.18. The van der Waals surface area contributed by atoms with Gasteiger partial charge >= 0.3 is 0 Å². The Morgan fingerprint density at radius 2 is 2.20 bits per heavy atom. The second kappa shape index (κ2) is 6.17. The van der Waals surface area contributed by atoms with Crippen molar-refractivity contribution in [1.82, 2.24) is 9.78 Å². The monoisotopic (exact) mass is 339 g/mol. The van der Waals surface area contributed by atoms with Crippen LogP contribution in [-0.4, -0.2) is 15.7 Å². The van der Waals surface area contributed by atoms with Gasteiger partial charge in [0.05, 0.1) is 11.8 Å². The van der Waals surface area contributed by atoms with Crippen LogP contribution in [0.1, 0.15) is 24.2 Å². The van der Waals surface area contributed by atoms with Crippen molar-refractivity contribution in [3.8, 4) is 0 Å². The van der Waals surface area contributed by atoms with Gasteiger partial charge < -0.3 is 5.32 Å². The van der Waals surface area contributed by atoms with E-state index in [0.29, 0.717) is 22.8 Å². The summed E-state index contributed by atoms with van der Waals surface area (Å²) in [7, 11) is 0. The van der Waals surface area contributed by atoms with Gasteiger partial charge in [-0.3, -0.25) is 4.79 Å². The summed E-state index contributed by atoms with van der Waals surface area (Å²) in [6.45, 7) is 4.80. The molecule has 1 aromatic carbocycles. The summed E-state index contributed by atoms with van der Waals surface area (Å²) in [6, 6.07) is 6.03. The lowest BCUT2D eigenvalue weighted by Gasteiger charge is -2.11. The quantitative estimate of drug-likeness (QED) is 0.923. The molecule has 4 nitrogen and oxygen atoms in total. The van der Waals surface area contributed by atoms with E-state index in [-0.39, 0.29) is 5.56 Å². The van der Waals surface area contributed by atoms with Crippen LogP contribution in [0.3, 0.4) is 0 Å². The Balaban J connectivity index is 2.17. The van der Waals surface area contributed by atoms with E-state index in [4.69, 9.17) is 0 Å². The van der Waals surface area contributed by atoms with E-state index >= 15 is 0 Å². The predicted octanol–water partition coefficient (Wildman–Crippen LogP) is 3.69. The van der Waals surface area contributed by atoms with Crippen LogP contribution < -0.4 is 5.32 Å². The summed E-state index contributed by atoms with van der Waals surface area (Å²) in [4.78, 5) is 12.1. The summed E-state index contributed by atoms with van der Waals surface area (Å²) >= 11 is 3.16. The Morgan fingerprint density at radius 1 is 1.45 bits per heavy atom. The number of aromatic nitrogens is 2. The molecule has 6 heteroatoms. The van der Waals surface area contributed by atoms with Crippen LogP contribution in [0.5, 0.6) is 0 Å². The topological polar surface area (TPSA) is 46.9 Å². The van der Waals surface area contributed by atoms with Gasteiger partial charge in [0.1, 0.15) is 11.6 Å². The third-order valence-electron chi connectivity index (χ3n) is 2.67. The summed E-state index contributed by atoms with van der Waals surface area (Å²) in [5.74, 6) is -0.0895. The highest BCUT2D eigenvalue weighted by Gasteiger charge is 2.14. The second-order valence-corrected chi connectivity index (χ2v) is 5.79. The molecule has 0 bridgehead atoms. The van der Waals surface area contributed by atoms with Crippen LogP contribution in [0.2, 0.25) is 0 Å². The number of rotatable bonds is 4. The molecule has 0 atom stereocenters. The van der Waals surface area contributed by atoms with E-state index in [0.717, 1.165) is 0 Å². The van der Waals surface area contributed by atoms with E-state index in [9.17, 15) is 9.18 Å². The lowest BCUT2D eigenvalue weighted by atomic mass is 10.2.